The van der Waals surface area contributed by atoms with Gasteiger partial charge in [0.05, 0.1) is 12.6 Å². The molecule has 1 saturated heterocycles. The Balaban J connectivity index is 1.69. The van der Waals surface area contributed by atoms with E-state index in [9.17, 15) is 0 Å². The van der Waals surface area contributed by atoms with Gasteiger partial charge in [-0.2, -0.15) is 0 Å². The summed E-state index contributed by atoms with van der Waals surface area (Å²) in [5.41, 5.74) is 2.45. The Morgan fingerprint density at radius 2 is 2.12 bits per heavy atom. The van der Waals surface area contributed by atoms with Crippen molar-refractivity contribution in [3.05, 3.63) is 48.4 Å². The minimum absolute atomic E-state index is 0.315. The largest absolute Gasteiger partial charge is 0.478 e. The van der Waals surface area contributed by atoms with Gasteiger partial charge in [0.15, 0.2) is 0 Å². The van der Waals surface area contributed by atoms with Crippen molar-refractivity contribution in [1.82, 2.24) is 15.0 Å². The molecule has 0 amide bonds. The van der Waals surface area contributed by atoms with Gasteiger partial charge in [-0.3, -0.25) is 0 Å². The zero-order valence-corrected chi connectivity index (χ0v) is 13.9. The van der Waals surface area contributed by atoms with E-state index < -0.39 is 0 Å². The molecule has 3 heterocycles. The van der Waals surface area contributed by atoms with E-state index in [1.165, 1.54) is 29.4 Å². The van der Waals surface area contributed by atoms with Gasteiger partial charge >= 0.3 is 0 Å². The molecule has 3 aromatic rings. The Morgan fingerprint density at radius 3 is 3.00 bits per heavy atom. The molecule has 1 aliphatic heterocycles. The summed E-state index contributed by atoms with van der Waals surface area (Å²) in [5, 5.41) is 1.26. The zero-order chi connectivity index (χ0) is 16.4. The van der Waals surface area contributed by atoms with E-state index in [1.807, 2.05) is 13.0 Å². The highest BCUT2D eigenvalue weighted by Crippen LogP contribution is 2.35. The summed E-state index contributed by atoms with van der Waals surface area (Å²) in [5.74, 6) is 1.58. The number of para-hydroxylation sites is 1. The topological polar surface area (TPSA) is 54.0 Å². The number of hydrogen-bond acceptors (Lipinski definition) is 4. The lowest BCUT2D eigenvalue weighted by molar-refractivity contribution is 0.325. The van der Waals surface area contributed by atoms with Gasteiger partial charge in [0.1, 0.15) is 12.1 Å². The molecule has 2 aromatic heterocycles. The SMILES string of the molecule is CCOc1cc(N2CCCCC2c2cc3ccccc3[nH]2)ncn1. The second-order valence-electron chi connectivity index (χ2n) is 6.16. The average Bonchev–Trinajstić information content (AvgIpc) is 3.06. The maximum absolute atomic E-state index is 5.54. The smallest absolute Gasteiger partial charge is 0.218 e. The van der Waals surface area contributed by atoms with Crippen LogP contribution in [0.3, 0.4) is 0 Å². The maximum Gasteiger partial charge on any atom is 0.218 e. The third-order valence-corrected chi connectivity index (χ3v) is 4.63. The van der Waals surface area contributed by atoms with Gasteiger partial charge in [-0.1, -0.05) is 18.2 Å². The van der Waals surface area contributed by atoms with Crippen molar-refractivity contribution < 1.29 is 4.74 Å². The number of rotatable bonds is 4. The number of nitrogens with zero attached hydrogens (tertiary/aromatic N) is 3. The molecule has 0 radical (unpaired) electrons. The molecule has 1 unspecified atom stereocenters. The normalized spacial score (nSPS) is 18.0. The van der Waals surface area contributed by atoms with E-state index in [2.05, 4.69) is 50.2 Å². The quantitative estimate of drug-likeness (QED) is 0.786. The molecule has 5 nitrogen and oxygen atoms in total. The van der Waals surface area contributed by atoms with Crippen molar-refractivity contribution in [3.63, 3.8) is 0 Å². The van der Waals surface area contributed by atoms with Crippen molar-refractivity contribution in [3.8, 4) is 5.88 Å². The number of hydrogen-bond donors (Lipinski definition) is 1. The van der Waals surface area contributed by atoms with Crippen LogP contribution in [0.2, 0.25) is 0 Å². The molecule has 1 fully saturated rings. The van der Waals surface area contributed by atoms with Gasteiger partial charge in [0, 0.05) is 23.8 Å². The highest BCUT2D eigenvalue weighted by Gasteiger charge is 2.26. The lowest BCUT2D eigenvalue weighted by Gasteiger charge is -2.36. The molecule has 0 aliphatic carbocycles. The highest BCUT2D eigenvalue weighted by molar-refractivity contribution is 5.80. The fourth-order valence-electron chi connectivity index (χ4n) is 3.52. The Morgan fingerprint density at radius 1 is 1.21 bits per heavy atom. The van der Waals surface area contributed by atoms with E-state index in [4.69, 9.17) is 4.74 Å². The Kier molecular flexibility index (Phi) is 4.07. The Labute approximate surface area is 141 Å². The molecule has 0 saturated carbocycles. The van der Waals surface area contributed by atoms with Gasteiger partial charge in [-0.25, -0.2) is 9.97 Å². The van der Waals surface area contributed by atoms with Gasteiger partial charge < -0.3 is 14.6 Å². The zero-order valence-electron chi connectivity index (χ0n) is 13.9. The second kappa shape index (κ2) is 6.51. The molecule has 0 spiro atoms. The van der Waals surface area contributed by atoms with Crippen molar-refractivity contribution >= 4 is 16.7 Å². The second-order valence-corrected chi connectivity index (χ2v) is 6.16. The molecular formula is C19H22N4O. The maximum atomic E-state index is 5.54. The monoisotopic (exact) mass is 322 g/mol. The van der Waals surface area contributed by atoms with Crippen molar-refractivity contribution in [2.45, 2.75) is 32.2 Å². The Hall–Kier alpha value is -2.56. The molecule has 4 rings (SSSR count). The van der Waals surface area contributed by atoms with E-state index in [-0.39, 0.29) is 0 Å². The summed E-state index contributed by atoms with van der Waals surface area (Å²) in [6, 6.07) is 13.0. The number of nitrogens with one attached hydrogen (secondary N) is 1. The van der Waals surface area contributed by atoms with Gasteiger partial charge in [0.25, 0.3) is 0 Å². The summed E-state index contributed by atoms with van der Waals surface area (Å²) >= 11 is 0. The predicted octanol–water partition coefficient (Wildman–Crippen LogP) is 4.09. The van der Waals surface area contributed by atoms with Gasteiger partial charge in [-0.15, -0.1) is 0 Å². The van der Waals surface area contributed by atoms with Crippen LogP contribution in [0.1, 0.15) is 37.9 Å². The number of benzene rings is 1. The minimum atomic E-state index is 0.315. The van der Waals surface area contributed by atoms with Crippen LogP contribution < -0.4 is 9.64 Å². The average molecular weight is 322 g/mol. The van der Waals surface area contributed by atoms with Crippen LogP contribution >= 0.6 is 0 Å². The van der Waals surface area contributed by atoms with Crippen LogP contribution in [0.5, 0.6) is 5.88 Å². The first-order valence-corrected chi connectivity index (χ1v) is 8.64. The van der Waals surface area contributed by atoms with Crippen LogP contribution in [0, 0.1) is 0 Å². The number of ether oxygens (including phenoxy) is 1. The van der Waals surface area contributed by atoms with E-state index >= 15 is 0 Å². The first-order chi connectivity index (χ1) is 11.8. The minimum Gasteiger partial charge on any atom is -0.478 e. The molecule has 1 N–H and O–H groups in total. The van der Waals surface area contributed by atoms with Crippen LogP contribution in [0.15, 0.2) is 42.7 Å². The summed E-state index contributed by atoms with van der Waals surface area (Å²) in [4.78, 5) is 14.6. The number of aromatic nitrogens is 3. The molecule has 1 aliphatic rings. The molecule has 5 heteroatoms. The third kappa shape index (κ3) is 2.82. The molecule has 0 bridgehead atoms. The summed E-state index contributed by atoms with van der Waals surface area (Å²) in [6.07, 6.45) is 5.14. The van der Waals surface area contributed by atoms with Gasteiger partial charge in [0.2, 0.25) is 5.88 Å². The van der Waals surface area contributed by atoms with Crippen LogP contribution in [0.4, 0.5) is 5.82 Å². The van der Waals surface area contributed by atoms with E-state index in [0.717, 1.165) is 18.8 Å². The van der Waals surface area contributed by atoms with Crippen LogP contribution in [-0.2, 0) is 0 Å². The number of aromatic amines is 1. The molecule has 1 atom stereocenters. The molecular weight excluding hydrogens is 300 g/mol. The standard InChI is InChI=1S/C19H22N4O/c1-2-24-19-12-18(20-13-21-19)23-10-6-5-9-17(23)16-11-14-7-3-4-8-15(14)22-16/h3-4,7-8,11-13,17,22H,2,5-6,9-10H2,1H3. The van der Waals surface area contributed by atoms with Crippen LogP contribution in [-0.4, -0.2) is 28.1 Å². The molecule has 24 heavy (non-hydrogen) atoms. The van der Waals surface area contributed by atoms with Gasteiger partial charge in [-0.05, 0) is 43.7 Å². The predicted molar refractivity (Wildman–Crippen MR) is 95.4 cm³/mol. The van der Waals surface area contributed by atoms with Crippen molar-refractivity contribution in [2.75, 3.05) is 18.1 Å². The number of H-pyrrole nitrogens is 1. The molecule has 124 valence electrons. The summed E-state index contributed by atoms with van der Waals surface area (Å²) < 4.78 is 5.54. The third-order valence-electron chi connectivity index (χ3n) is 4.63. The first kappa shape index (κ1) is 15.0. The summed E-state index contributed by atoms with van der Waals surface area (Å²) in [7, 11) is 0. The fraction of sp³-hybridized carbons (Fsp3) is 0.368. The highest BCUT2D eigenvalue weighted by atomic mass is 16.5. The van der Waals surface area contributed by atoms with Crippen LogP contribution in [0.25, 0.3) is 10.9 Å². The van der Waals surface area contributed by atoms with E-state index in [1.54, 1.807) is 6.33 Å². The van der Waals surface area contributed by atoms with Crippen molar-refractivity contribution in [2.24, 2.45) is 0 Å². The lowest BCUT2D eigenvalue weighted by Crippen LogP contribution is -2.34. The van der Waals surface area contributed by atoms with Crippen molar-refractivity contribution in [1.29, 1.82) is 0 Å². The summed E-state index contributed by atoms with van der Waals surface area (Å²) in [6.45, 7) is 3.58. The fourth-order valence-corrected chi connectivity index (χ4v) is 3.52. The number of fused-ring (bicyclic) bond motifs is 1. The number of piperidine rings is 1. The van der Waals surface area contributed by atoms with E-state index in [0.29, 0.717) is 18.5 Å². The number of anilines is 1. The Bertz CT molecular complexity index is 796. The first-order valence-electron chi connectivity index (χ1n) is 8.64. The molecule has 1 aromatic carbocycles. The lowest BCUT2D eigenvalue weighted by atomic mass is 9.99.